The molecule has 0 N–H and O–H groups in total. The van der Waals surface area contributed by atoms with E-state index in [-0.39, 0.29) is 0 Å². The van der Waals surface area contributed by atoms with Crippen LogP contribution in [-0.2, 0) is 0 Å². The van der Waals surface area contributed by atoms with Crippen molar-refractivity contribution < 1.29 is 0 Å². The third-order valence-electron chi connectivity index (χ3n) is 12.3. The molecular formula is C59H37N3. The van der Waals surface area contributed by atoms with E-state index in [1.165, 1.54) is 70.6 Å². The van der Waals surface area contributed by atoms with E-state index in [2.05, 4.69) is 205 Å². The Hall–Kier alpha value is -8.27. The maximum absolute atomic E-state index is 5.27. The van der Waals surface area contributed by atoms with Crippen LogP contribution >= 0.6 is 0 Å². The Bertz CT molecular complexity index is 3690. The first-order valence-corrected chi connectivity index (χ1v) is 21.1. The van der Waals surface area contributed by atoms with Crippen molar-refractivity contribution in [3.8, 4) is 67.3 Å². The molecule has 62 heavy (non-hydrogen) atoms. The van der Waals surface area contributed by atoms with E-state index in [1.54, 1.807) is 6.20 Å². The summed E-state index contributed by atoms with van der Waals surface area (Å²) in [5.74, 6) is 0.679. The first-order chi connectivity index (χ1) is 30.7. The third-order valence-corrected chi connectivity index (χ3v) is 12.3. The summed E-state index contributed by atoms with van der Waals surface area (Å²) in [7, 11) is 0. The summed E-state index contributed by atoms with van der Waals surface area (Å²) >= 11 is 0. The zero-order chi connectivity index (χ0) is 41.0. The van der Waals surface area contributed by atoms with Crippen molar-refractivity contribution in [2.24, 2.45) is 0 Å². The highest BCUT2D eigenvalue weighted by molar-refractivity contribution is 6.26. The highest BCUT2D eigenvalue weighted by Crippen LogP contribution is 2.45. The molecule has 12 aromatic rings. The van der Waals surface area contributed by atoms with Crippen LogP contribution in [0.1, 0.15) is 0 Å². The first-order valence-electron chi connectivity index (χ1n) is 21.1. The molecule has 288 valence electrons. The third kappa shape index (κ3) is 6.10. The minimum Gasteiger partial charge on any atom is -0.264 e. The van der Waals surface area contributed by atoms with Gasteiger partial charge in [-0.05, 0) is 124 Å². The van der Waals surface area contributed by atoms with Gasteiger partial charge in [0.05, 0.1) is 11.4 Å². The molecule has 0 fully saturated rings. The second kappa shape index (κ2) is 14.8. The van der Waals surface area contributed by atoms with Crippen LogP contribution in [0, 0.1) is 0 Å². The lowest BCUT2D eigenvalue weighted by Crippen LogP contribution is -1.96. The molecule has 12 rings (SSSR count). The van der Waals surface area contributed by atoms with Crippen molar-refractivity contribution in [3.63, 3.8) is 0 Å². The average molecular weight is 788 g/mol. The normalized spacial score (nSPS) is 11.5. The van der Waals surface area contributed by atoms with Gasteiger partial charge in [-0.3, -0.25) is 4.98 Å². The van der Waals surface area contributed by atoms with Crippen LogP contribution in [0.3, 0.4) is 0 Å². The van der Waals surface area contributed by atoms with Gasteiger partial charge in [-0.1, -0.05) is 170 Å². The molecule has 0 amide bonds. The summed E-state index contributed by atoms with van der Waals surface area (Å²) in [6.45, 7) is 0. The number of nitrogens with zero attached hydrogens (tertiary/aromatic N) is 3. The minimum atomic E-state index is 0.679. The second-order valence-electron chi connectivity index (χ2n) is 16.0. The molecule has 0 bridgehead atoms. The highest BCUT2D eigenvalue weighted by atomic mass is 14.9. The standard InChI is InChI=1S/C59H37N3/c1-2-15-38(16-3-1)57-36-58(42-20-12-18-39(31-42)44-22-14-30-60-37-44)62-59(61-57)43-21-13-19-40(32-43)52-34-54-50-28-10-11-29-51(50)55(35-56(54)49-27-9-7-25-47(49)52)53-33-41-17-4-5-23-45(41)46-24-6-8-26-48(46)53/h1-37H. The van der Waals surface area contributed by atoms with Crippen LogP contribution in [0.5, 0.6) is 0 Å². The summed E-state index contributed by atoms with van der Waals surface area (Å²) in [5, 5.41) is 12.4. The van der Waals surface area contributed by atoms with Crippen LogP contribution in [0.25, 0.3) is 121 Å². The number of benzene rings is 10. The Morgan fingerprint density at radius 3 is 1.44 bits per heavy atom. The molecule has 3 nitrogen and oxygen atoms in total. The van der Waals surface area contributed by atoms with Gasteiger partial charge in [0.1, 0.15) is 0 Å². The van der Waals surface area contributed by atoms with Crippen molar-refractivity contribution in [3.05, 3.63) is 225 Å². The Morgan fingerprint density at radius 2 is 0.742 bits per heavy atom. The molecule has 3 heteroatoms. The summed E-state index contributed by atoms with van der Waals surface area (Å²) in [5.41, 5.74) is 11.7. The fourth-order valence-corrected chi connectivity index (χ4v) is 9.39. The SMILES string of the molecule is c1ccc(-c2cc(-c3cccc(-c4cccnc4)c3)nc(-c3cccc(-c4cc5c6ccccc6c(-c6cc7ccccc7c7ccccc67)cc5c5ccccc45)c3)n2)cc1. The van der Waals surface area contributed by atoms with Crippen molar-refractivity contribution in [2.45, 2.75) is 0 Å². The zero-order valence-electron chi connectivity index (χ0n) is 33.7. The van der Waals surface area contributed by atoms with Crippen LogP contribution in [-0.4, -0.2) is 15.0 Å². The number of fused-ring (bicyclic) bond motifs is 8. The van der Waals surface area contributed by atoms with E-state index in [1.807, 2.05) is 18.3 Å². The maximum atomic E-state index is 5.27. The van der Waals surface area contributed by atoms with Gasteiger partial charge < -0.3 is 0 Å². The van der Waals surface area contributed by atoms with Gasteiger partial charge in [-0.25, -0.2) is 9.97 Å². The number of aromatic nitrogens is 3. The van der Waals surface area contributed by atoms with Crippen molar-refractivity contribution in [2.75, 3.05) is 0 Å². The number of rotatable bonds is 6. The average Bonchev–Trinajstić information content (AvgIpc) is 3.36. The summed E-state index contributed by atoms with van der Waals surface area (Å²) in [6.07, 6.45) is 3.70. The molecule has 0 spiro atoms. The topological polar surface area (TPSA) is 38.7 Å². The maximum Gasteiger partial charge on any atom is 0.160 e. The molecule has 0 saturated heterocycles. The second-order valence-corrected chi connectivity index (χ2v) is 16.0. The largest absolute Gasteiger partial charge is 0.264 e. The molecule has 10 aromatic carbocycles. The van der Waals surface area contributed by atoms with Gasteiger partial charge in [-0.15, -0.1) is 0 Å². The minimum absolute atomic E-state index is 0.679. The molecule has 0 aliphatic carbocycles. The summed E-state index contributed by atoms with van der Waals surface area (Å²) < 4.78 is 0. The van der Waals surface area contributed by atoms with Crippen molar-refractivity contribution in [1.82, 2.24) is 15.0 Å². The van der Waals surface area contributed by atoms with E-state index in [0.29, 0.717) is 5.82 Å². The lowest BCUT2D eigenvalue weighted by molar-refractivity contribution is 1.18. The molecule has 0 aliphatic rings. The van der Waals surface area contributed by atoms with Crippen LogP contribution in [0.15, 0.2) is 225 Å². The fourth-order valence-electron chi connectivity index (χ4n) is 9.39. The molecule has 0 aliphatic heterocycles. The van der Waals surface area contributed by atoms with E-state index in [9.17, 15) is 0 Å². The predicted octanol–water partition coefficient (Wildman–Crippen LogP) is 15.6. The van der Waals surface area contributed by atoms with Crippen molar-refractivity contribution >= 4 is 53.9 Å². The van der Waals surface area contributed by atoms with E-state index >= 15 is 0 Å². The van der Waals surface area contributed by atoms with Gasteiger partial charge in [-0.2, -0.15) is 0 Å². The Labute approximate surface area is 359 Å². The fraction of sp³-hybridized carbons (Fsp3) is 0. The molecule has 2 heterocycles. The number of hydrogen-bond acceptors (Lipinski definition) is 3. The van der Waals surface area contributed by atoms with E-state index < -0.39 is 0 Å². The summed E-state index contributed by atoms with van der Waals surface area (Å²) in [4.78, 5) is 14.9. The first kappa shape index (κ1) is 35.7. The molecule has 2 aromatic heterocycles. The van der Waals surface area contributed by atoms with Gasteiger partial charge in [0.2, 0.25) is 0 Å². The molecule has 0 atom stereocenters. The summed E-state index contributed by atoms with van der Waals surface area (Å²) in [6, 6.07) is 76.3. The van der Waals surface area contributed by atoms with E-state index in [4.69, 9.17) is 9.97 Å². The van der Waals surface area contributed by atoms with Crippen LogP contribution < -0.4 is 0 Å². The number of pyridine rings is 1. The van der Waals surface area contributed by atoms with Gasteiger partial charge >= 0.3 is 0 Å². The highest BCUT2D eigenvalue weighted by Gasteiger charge is 2.18. The van der Waals surface area contributed by atoms with Crippen molar-refractivity contribution in [1.29, 1.82) is 0 Å². The monoisotopic (exact) mass is 787 g/mol. The van der Waals surface area contributed by atoms with E-state index in [0.717, 1.165) is 44.8 Å². The van der Waals surface area contributed by atoms with Gasteiger partial charge in [0.25, 0.3) is 0 Å². The zero-order valence-corrected chi connectivity index (χ0v) is 33.7. The smallest absolute Gasteiger partial charge is 0.160 e. The molecular weight excluding hydrogens is 751 g/mol. The quantitative estimate of drug-likeness (QED) is 0.158. The lowest BCUT2D eigenvalue weighted by Gasteiger charge is -2.18. The Kier molecular flexibility index (Phi) is 8.50. The molecule has 0 radical (unpaired) electrons. The van der Waals surface area contributed by atoms with Gasteiger partial charge in [0.15, 0.2) is 5.82 Å². The lowest BCUT2D eigenvalue weighted by atomic mass is 9.86. The Morgan fingerprint density at radius 1 is 0.258 bits per heavy atom. The number of hydrogen-bond donors (Lipinski definition) is 0. The molecule has 0 unspecified atom stereocenters. The predicted molar refractivity (Wildman–Crippen MR) is 260 cm³/mol. The Balaban J connectivity index is 1.05. The van der Waals surface area contributed by atoms with Crippen LogP contribution in [0.4, 0.5) is 0 Å². The van der Waals surface area contributed by atoms with Crippen LogP contribution in [0.2, 0.25) is 0 Å². The molecule has 0 saturated carbocycles. The van der Waals surface area contributed by atoms with Gasteiger partial charge in [0, 0.05) is 34.6 Å².